The normalized spacial score (nSPS) is 18.6. The molecule has 0 aliphatic carbocycles. The summed E-state index contributed by atoms with van der Waals surface area (Å²) >= 11 is 6.38. The van der Waals surface area contributed by atoms with Crippen molar-refractivity contribution in [2.24, 2.45) is 4.99 Å². The van der Waals surface area contributed by atoms with Crippen LogP contribution in [0.3, 0.4) is 0 Å². The van der Waals surface area contributed by atoms with Gasteiger partial charge in [-0.1, -0.05) is 43.6 Å². The average Bonchev–Trinajstić information content (AvgIpc) is 2.65. The van der Waals surface area contributed by atoms with Gasteiger partial charge in [-0.2, -0.15) is 0 Å². The number of morpholine rings is 1. The van der Waals surface area contributed by atoms with Crippen molar-refractivity contribution < 1.29 is 9.84 Å². The highest BCUT2D eigenvalue weighted by molar-refractivity contribution is 6.31. The van der Waals surface area contributed by atoms with Gasteiger partial charge in [-0.3, -0.25) is 9.89 Å². The molecule has 2 rings (SSSR count). The zero-order valence-electron chi connectivity index (χ0n) is 17.6. The number of nitrogens with one attached hydrogen (secondary N) is 2. The minimum atomic E-state index is -0.891. The first kappa shape index (κ1) is 22.9. The van der Waals surface area contributed by atoms with E-state index < -0.39 is 5.60 Å². The third kappa shape index (κ3) is 7.24. The second-order valence-corrected chi connectivity index (χ2v) is 8.71. The van der Waals surface area contributed by atoms with Crippen molar-refractivity contribution in [3.05, 3.63) is 34.9 Å². The second kappa shape index (κ2) is 10.4. The average molecular weight is 411 g/mol. The second-order valence-electron chi connectivity index (χ2n) is 8.30. The van der Waals surface area contributed by atoms with E-state index in [-0.39, 0.29) is 5.41 Å². The molecule has 0 aromatic heterocycles. The van der Waals surface area contributed by atoms with Crippen molar-refractivity contribution in [1.29, 1.82) is 0 Å². The van der Waals surface area contributed by atoms with Crippen molar-refractivity contribution in [3.8, 4) is 0 Å². The van der Waals surface area contributed by atoms with Crippen LogP contribution >= 0.6 is 11.6 Å². The number of hydrogen-bond acceptors (Lipinski definition) is 4. The first-order valence-electron chi connectivity index (χ1n) is 10.0. The Bertz CT molecular complexity index is 643. The quantitative estimate of drug-likeness (QED) is 0.453. The highest BCUT2D eigenvalue weighted by Crippen LogP contribution is 2.28. The van der Waals surface area contributed by atoms with Crippen LogP contribution in [0.2, 0.25) is 5.02 Å². The molecule has 0 radical (unpaired) electrons. The molecule has 0 bridgehead atoms. The van der Waals surface area contributed by atoms with Crippen molar-refractivity contribution in [3.63, 3.8) is 0 Å². The van der Waals surface area contributed by atoms with Crippen molar-refractivity contribution >= 4 is 17.6 Å². The zero-order chi connectivity index (χ0) is 20.6. The fraction of sp³-hybridized carbons (Fsp3) is 0.667. The molecule has 28 heavy (non-hydrogen) atoms. The van der Waals surface area contributed by atoms with E-state index in [0.717, 1.165) is 43.4 Å². The van der Waals surface area contributed by atoms with Crippen LogP contribution in [0.15, 0.2) is 29.3 Å². The number of halogens is 1. The van der Waals surface area contributed by atoms with E-state index in [2.05, 4.69) is 40.4 Å². The molecule has 1 heterocycles. The van der Waals surface area contributed by atoms with Crippen LogP contribution in [0.1, 0.15) is 33.3 Å². The van der Waals surface area contributed by atoms with Gasteiger partial charge in [0.2, 0.25) is 0 Å². The number of benzene rings is 1. The largest absolute Gasteiger partial charge is 0.387 e. The van der Waals surface area contributed by atoms with E-state index >= 15 is 0 Å². The van der Waals surface area contributed by atoms with Crippen LogP contribution in [0, 0.1) is 0 Å². The van der Waals surface area contributed by atoms with Crippen LogP contribution in [-0.2, 0) is 10.2 Å². The number of ether oxygens (including phenoxy) is 1. The Kier molecular flexibility index (Phi) is 8.56. The van der Waals surface area contributed by atoms with Crippen molar-refractivity contribution in [2.75, 3.05) is 52.5 Å². The lowest BCUT2D eigenvalue weighted by Crippen LogP contribution is -2.48. The maximum Gasteiger partial charge on any atom is 0.191 e. The smallest absolute Gasteiger partial charge is 0.191 e. The topological polar surface area (TPSA) is 69.1 Å². The van der Waals surface area contributed by atoms with E-state index in [4.69, 9.17) is 16.3 Å². The van der Waals surface area contributed by atoms with Gasteiger partial charge in [0, 0.05) is 43.2 Å². The van der Waals surface area contributed by atoms with Gasteiger partial charge in [-0.15, -0.1) is 0 Å². The third-order valence-electron chi connectivity index (χ3n) is 4.89. The first-order chi connectivity index (χ1) is 13.2. The third-order valence-corrected chi connectivity index (χ3v) is 5.22. The lowest BCUT2D eigenvalue weighted by molar-refractivity contribution is -0.0179. The Morgan fingerprint density at radius 1 is 1.21 bits per heavy atom. The van der Waals surface area contributed by atoms with Crippen LogP contribution < -0.4 is 10.6 Å². The van der Waals surface area contributed by atoms with Gasteiger partial charge in [0.1, 0.15) is 0 Å². The number of rotatable bonds is 8. The zero-order valence-corrected chi connectivity index (χ0v) is 18.4. The Morgan fingerprint density at radius 3 is 2.54 bits per heavy atom. The Labute approximate surface area is 174 Å². The summed E-state index contributed by atoms with van der Waals surface area (Å²) < 4.78 is 5.37. The highest BCUT2D eigenvalue weighted by atomic mass is 35.5. The maximum atomic E-state index is 10.8. The van der Waals surface area contributed by atoms with E-state index in [1.54, 1.807) is 0 Å². The van der Waals surface area contributed by atoms with Gasteiger partial charge in [0.15, 0.2) is 5.96 Å². The molecular weight excluding hydrogens is 376 g/mol. The minimum Gasteiger partial charge on any atom is -0.387 e. The van der Waals surface area contributed by atoms with Gasteiger partial charge < -0.3 is 20.5 Å². The molecule has 1 aliphatic rings. The first-order valence-corrected chi connectivity index (χ1v) is 10.4. The SMILES string of the molecule is CCNC(=NCC(C)(O)CN1CCOCC1)NCC(C)(C)c1ccccc1Cl. The summed E-state index contributed by atoms with van der Waals surface area (Å²) in [7, 11) is 0. The van der Waals surface area contributed by atoms with Gasteiger partial charge in [0.25, 0.3) is 0 Å². The summed E-state index contributed by atoms with van der Waals surface area (Å²) in [6.45, 7) is 13.7. The summed E-state index contributed by atoms with van der Waals surface area (Å²) in [4.78, 5) is 6.85. The number of aliphatic hydroxyl groups is 1. The molecule has 158 valence electrons. The van der Waals surface area contributed by atoms with Crippen molar-refractivity contribution in [1.82, 2.24) is 15.5 Å². The molecule has 0 spiro atoms. The molecule has 1 unspecified atom stereocenters. The van der Waals surface area contributed by atoms with E-state index in [1.165, 1.54) is 0 Å². The van der Waals surface area contributed by atoms with Gasteiger partial charge in [-0.25, -0.2) is 0 Å². The molecule has 1 aromatic rings. The van der Waals surface area contributed by atoms with E-state index in [0.29, 0.717) is 25.6 Å². The molecule has 1 saturated heterocycles. The number of aliphatic imine (C=N–C) groups is 1. The fourth-order valence-corrected chi connectivity index (χ4v) is 3.68. The molecule has 1 fully saturated rings. The number of nitrogens with zero attached hydrogens (tertiary/aromatic N) is 2. The fourth-order valence-electron chi connectivity index (χ4n) is 3.29. The summed E-state index contributed by atoms with van der Waals surface area (Å²) in [6.07, 6.45) is 0. The Balaban J connectivity index is 1.96. The van der Waals surface area contributed by atoms with Crippen molar-refractivity contribution in [2.45, 2.75) is 38.7 Å². The molecular formula is C21H35ClN4O2. The number of hydrogen-bond donors (Lipinski definition) is 3. The molecule has 0 saturated carbocycles. The monoisotopic (exact) mass is 410 g/mol. The van der Waals surface area contributed by atoms with E-state index in [1.807, 2.05) is 32.0 Å². The van der Waals surface area contributed by atoms with Gasteiger partial charge >= 0.3 is 0 Å². The van der Waals surface area contributed by atoms with Crippen LogP contribution in [-0.4, -0.2) is 74.0 Å². The predicted molar refractivity (Wildman–Crippen MR) is 116 cm³/mol. The van der Waals surface area contributed by atoms with Gasteiger partial charge in [-0.05, 0) is 25.5 Å². The molecule has 7 heteroatoms. The summed E-state index contributed by atoms with van der Waals surface area (Å²) in [5.41, 5.74) is 0.0438. The summed E-state index contributed by atoms with van der Waals surface area (Å²) in [6, 6.07) is 7.92. The molecule has 3 N–H and O–H groups in total. The molecule has 6 nitrogen and oxygen atoms in total. The molecule has 0 amide bonds. The summed E-state index contributed by atoms with van der Waals surface area (Å²) in [5.74, 6) is 0.699. The molecule has 1 aromatic carbocycles. The molecule has 1 aliphatic heterocycles. The predicted octanol–water partition coefficient (Wildman–Crippen LogP) is 2.26. The molecule has 1 atom stereocenters. The lowest BCUT2D eigenvalue weighted by Gasteiger charge is -2.33. The standard InChI is InChI=1S/C21H35ClN4O2/c1-5-23-19(24-14-20(2,3)17-8-6-7-9-18(17)22)25-15-21(4,27)16-26-10-12-28-13-11-26/h6-9,27H,5,10-16H2,1-4H3,(H2,23,24,25). The van der Waals surface area contributed by atoms with E-state index in [9.17, 15) is 5.11 Å². The van der Waals surface area contributed by atoms with Crippen LogP contribution in [0.4, 0.5) is 0 Å². The Hall–Kier alpha value is -1.34. The number of guanidine groups is 1. The van der Waals surface area contributed by atoms with Crippen LogP contribution in [0.25, 0.3) is 0 Å². The van der Waals surface area contributed by atoms with Crippen LogP contribution in [0.5, 0.6) is 0 Å². The highest BCUT2D eigenvalue weighted by Gasteiger charge is 2.26. The maximum absolute atomic E-state index is 10.8. The minimum absolute atomic E-state index is 0.162. The number of β-amino-alcohol motifs (C(OH)–C–C–N with tert-alkyl or cyclic N) is 1. The van der Waals surface area contributed by atoms with Gasteiger partial charge in [0.05, 0.1) is 25.4 Å². The Morgan fingerprint density at radius 2 is 1.89 bits per heavy atom. The lowest BCUT2D eigenvalue weighted by atomic mass is 9.84. The summed E-state index contributed by atoms with van der Waals surface area (Å²) in [5, 5.41) is 18.2.